The number of likely N-dealkylation sites (tertiary alicyclic amines) is 1. The van der Waals surface area contributed by atoms with Gasteiger partial charge in [-0.25, -0.2) is 4.79 Å². The molecule has 0 aromatic rings. The van der Waals surface area contributed by atoms with Crippen molar-refractivity contribution in [3.63, 3.8) is 0 Å². The Morgan fingerprint density at radius 3 is 2.57 bits per heavy atom. The fourth-order valence-corrected chi connectivity index (χ4v) is 1.35. The SMILES string of the molecule is NC(=O)NC(=O)COCN1CCCC1. The molecule has 1 fully saturated rings. The minimum Gasteiger partial charge on any atom is -0.356 e. The molecule has 1 aliphatic rings. The molecule has 0 radical (unpaired) electrons. The summed E-state index contributed by atoms with van der Waals surface area (Å²) < 4.78 is 5.09. The van der Waals surface area contributed by atoms with Gasteiger partial charge in [0, 0.05) is 13.1 Å². The van der Waals surface area contributed by atoms with Crippen LogP contribution in [0.5, 0.6) is 0 Å². The number of imide groups is 1. The Morgan fingerprint density at radius 1 is 1.36 bits per heavy atom. The molecule has 6 nitrogen and oxygen atoms in total. The fraction of sp³-hybridized carbons (Fsp3) is 0.750. The van der Waals surface area contributed by atoms with E-state index in [9.17, 15) is 9.59 Å². The first-order valence-electron chi connectivity index (χ1n) is 4.58. The molecule has 0 spiro atoms. The van der Waals surface area contributed by atoms with E-state index in [0.717, 1.165) is 13.1 Å². The van der Waals surface area contributed by atoms with Crippen molar-refractivity contribution in [2.75, 3.05) is 26.4 Å². The van der Waals surface area contributed by atoms with Crippen molar-refractivity contribution in [2.24, 2.45) is 5.73 Å². The third-order valence-electron chi connectivity index (χ3n) is 1.97. The van der Waals surface area contributed by atoms with Crippen LogP contribution in [-0.2, 0) is 9.53 Å². The number of carbonyl (C=O) groups is 2. The van der Waals surface area contributed by atoms with Crippen LogP contribution in [0.1, 0.15) is 12.8 Å². The van der Waals surface area contributed by atoms with Crippen LogP contribution < -0.4 is 11.1 Å². The molecule has 3 N–H and O–H groups in total. The molecule has 1 saturated heterocycles. The van der Waals surface area contributed by atoms with Gasteiger partial charge in [-0.2, -0.15) is 0 Å². The van der Waals surface area contributed by atoms with Crippen LogP contribution in [-0.4, -0.2) is 43.3 Å². The topological polar surface area (TPSA) is 84.7 Å². The number of nitrogens with two attached hydrogens (primary N) is 1. The summed E-state index contributed by atoms with van der Waals surface area (Å²) in [5.41, 5.74) is 4.75. The highest BCUT2D eigenvalue weighted by atomic mass is 16.5. The molecule has 0 saturated carbocycles. The molecule has 1 rings (SSSR count). The van der Waals surface area contributed by atoms with Gasteiger partial charge in [-0.1, -0.05) is 0 Å². The number of rotatable bonds is 4. The number of hydrogen-bond donors (Lipinski definition) is 2. The fourth-order valence-electron chi connectivity index (χ4n) is 1.35. The van der Waals surface area contributed by atoms with Crippen molar-refractivity contribution < 1.29 is 14.3 Å². The van der Waals surface area contributed by atoms with Crippen LogP contribution in [0.4, 0.5) is 4.79 Å². The minimum atomic E-state index is -0.847. The van der Waals surface area contributed by atoms with Crippen molar-refractivity contribution in [3.8, 4) is 0 Å². The van der Waals surface area contributed by atoms with E-state index in [4.69, 9.17) is 10.5 Å². The molecule has 0 aromatic heterocycles. The molecule has 0 atom stereocenters. The summed E-state index contributed by atoms with van der Waals surface area (Å²) in [4.78, 5) is 23.2. The Kier molecular flexibility index (Phi) is 4.34. The van der Waals surface area contributed by atoms with Crippen LogP contribution in [0.3, 0.4) is 0 Å². The average molecular weight is 201 g/mol. The van der Waals surface area contributed by atoms with Crippen LogP contribution >= 0.6 is 0 Å². The van der Waals surface area contributed by atoms with Gasteiger partial charge in [0.1, 0.15) is 6.61 Å². The maximum atomic E-state index is 10.9. The average Bonchev–Trinajstić information content (AvgIpc) is 2.55. The predicted octanol–water partition coefficient (Wildman–Crippen LogP) is -0.749. The van der Waals surface area contributed by atoms with Gasteiger partial charge >= 0.3 is 6.03 Å². The monoisotopic (exact) mass is 201 g/mol. The van der Waals surface area contributed by atoms with Crippen molar-refractivity contribution in [1.82, 2.24) is 10.2 Å². The van der Waals surface area contributed by atoms with Gasteiger partial charge in [0.15, 0.2) is 0 Å². The number of urea groups is 1. The lowest BCUT2D eigenvalue weighted by molar-refractivity contribution is -0.126. The largest absolute Gasteiger partial charge is 0.356 e. The Balaban J connectivity index is 2.02. The highest BCUT2D eigenvalue weighted by Crippen LogP contribution is 2.05. The standard InChI is InChI=1S/C8H15N3O3/c9-8(13)10-7(12)5-14-6-11-3-1-2-4-11/h1-6H2,(H3,9,10,12,13). The molecule has 6 heteroatoms. The molecular weight excluding hydrogens is 186 g/mol. The molecule has 3 amide bonds. The lowest BCUT2D eigenvalue weighted by Gasteiger charge is -2.13. The van der Waals surface area contributed by atoms with Crippen LogP contribution in [0, 0.1) is 0 Å². The summed E-state index contributed by atoms with van der Waals surface area (Å²) in [6.07, 6.45) is 2.35. The van der Waals surface area contributed by atoms with Gasteiger partial charge in [-0.15, -0.1) is 0 Å². The summed E-state index contributed by atoms with van der Waals surface area (Å²) in [5, 5.41) is 1.92. The zero-order chi connectivity index (χ0) is 10.4. The number of primary amides is 1. The van der Waals surface area contributed by atoms with Crippen molar-refractivity contribution in [2.45, 2.75) is 12.8 Å². The quantitative estimate of drug-likeness (QED) is 0.627. The first kappa shape index (κ1) is 10.9. The van der Waals surface area contributed by atoms with E-state index in [-0.39, 0.29) is 6.61 Å². The van der Waals surface area contributed by atoms with Gasteiger partial charge < -0.3 is 10.5 Å². The highest BCUT2D eigenvalue weighted by molar-refractivity contribution is 5.94. The van der Waals surface area contributed by atoms with E-state index in [1.54, 1.807) is 0 Å². The van der Waals surface area contributed by atoms with Crippen LogP contribution in [0.15, 0.2) is 0 Å². The second-order valence-electron chi connectivity index (χ2n) is 3.22. The third-order valence-corrected chi connectivity index (χ3v) is 1.97. The van der Waals surface area contributed by atoms with E-state index in [0.29, 0.717) is 6.73 Å². The van der Waals surface area contributed by atoms with Crippen molar-refractivity contribution in [3.05, 3.63) is 0 Å². The normalized spacial score (nSPS) is 16.9. The number of nitrogens with zero attached hydrogens (tertiary/aromatic N) is 1. The Labute approximate surface area is 82.4 Å². The Bertz CT molecular complexity index is 214. The van der Waals surface area contributed by atoms with Gasteiger partial charge in [-0.3, -0.25) is 15.0 Å². The lowest BCUT2D eigenvalue weighted by atomic mass is 10.4. The van der Waals surface area contributed by atoms with E-state index in [2.05, 4.69) is 4.90 Å². The molecule has 0 aliphatic carbocycles. The van der Waals surface area contributed by atoms with Crippen LogP contribution in [0.2, 0.25) is 0 Å². The summed E-state index contributed by atoms with van der Waals surface area (Å²) in [6, 6.07) is -0.847. The molecule has 0 aromatic carbocycles. The summed E-state index contributed by atoms with van der Waals surface area (Å²) in [5.74, 6) is -0.503. The molecule has 1 aliphatic heterocycles. The van der Waals surface area contributed by atoms with Gasteiger partial charge in [0.2, 0.25) is 0 Å². The number of hydrogen-bond acceptors (Lipinski definition) is 4. The highest BCUT2D eigenvalue weighted by Gasteiger charge is 2.11. The lowest BCUT2D eigenvalue weighted by Crippen LogP contribution is -2.38. The first-order chi connectivity index (χ1) is 6.68. The zero-order valence-electron chi connectivity index (χ0n) is 7.99. The predicted molar refractivity (Wildman–Crippen MR) is 49.4 cm³/mol. The molecule has 0 unspecified atom stereocenters. The molecule has 1 heterocycles. The maximum Gasteiger partial charge on any atom is 0.318 e. The summed E-state index contributed by atoms with van der Waals surface area (Å²) >= 11 is 0. The number of nitrogens with one attached hydrogen (secondary N) is 1. The van der Waals surface area contributed by atoms with Crippen molar-refractivity contribution >= 4 is 11.9 Å². The summed E-state index contributed by atoms with van der Waals surface area (Å²) in [7, 11) is 0. The minimum absolute atomic E-state index is 0.126. The van der Waals surface area contributed by atoms with E-state index < -0.39 is 11.9 Å². The maximum absolute atomic E-state index is 10.9. The number of amides is 3. The number of ether oxygens (including phenoxy) is 1. The van der Waals surface area contributed by atoms with E-state index in [1.807, 2.05) is 5.32 Å². The third kappa shape index (κ3) is 4.20. The first-order valence-corrected chi connectivity index (χ1v) is 4.58. The Morgan fingerprint density at radius 2 is 2.00 bits per heavy atom. The molecule has 14 heavy (non-hydrogen) atoms. The molecule has 80 valence electrons. The smallest absolute Gasteiger partial charge is 0.318 e. The zero-order valence-corrected chi connectivity index (χ0v) is 7.99. The Hall–Kier alpha value is -1.14. The second kappa shape index (κ2) is 5.56. The number of carbonyl (C=O) groups excluding carboxylic acids is 2. The van der Waals surface area contributed by atoms with E-state index in [1.165, 1.54) is 12.8 Å². The van der Waals surface area contributed by atoms with Gasteiger partial charge in [0.25, 0.3) is 5.91 Å². The van der Waals surface area contributed by atoms with Crippen molar-refractivity contribution in [1.29, 1.82) is 0 Å². The second-order valence-corrected chi connectivity index (χ2v) is 3.22. The van der Waals surface area contributed by atoms with E-state index >= 15 is 0 Å². The van der Waals surface area contributed by atoms with Crippen LogP contribution in [0.25, 0.3) is 0 Å². The molecule has 0 bridgehead atoms. The van der Waals surface area contributed by atoms with Gasteiger partial charge in [-0.05, 0) is 12.8 Å². The van der Waals surface area contributed by atoms with Gasteiger partial charge in [0.05, 0.1) is 6.73 Å². The molecular formula is C8H15N3O3. The summed E-state index contributed by atoms with van der Waals surface area (Å²) in [6.45, 7) is 2.33.